The third-order valence-electron chi connectivity index (χ3n) is 3.52. The molecule has 0 aromatic rings. The maximum atomic E-state index is 6.14. The van der Waals surface area contributed by atoms with Crippen molar-refractivity contribution in [1.29, 1.82) is 0 Å². The van der Waals surface area contributed by atoms with E-state index in [1.165, 1.54) is 44.9 Å². The third kappa shape index (κ3) is 11.0. The SMILES string of the molecule is C=CCC(CCCCCCCCC)(OC(C)C)OC(C)C. The van der Waals surface area contributed by atoms with Crippen LogP contribution in [0.4, 0.5) is 0 Å². The maximum Gasteiger partial charge on any atom is 0.172 e. The molecule has 0 N–H and O–H groups in total. The molecule has 0 heterocycles. The molecule has 0 radical (unpaired) electrons. The number of hydrogen-bond donors (Lipinski definition) is 0. The second-order valence-corrected chi connectivity index (χ2v) is 6.61. The molecule has 0 bridgehead atoms. The van der Waals surface area contributed by atoms with Crippen LogP contribution in [0.25, 0.3) is 0 Å². The van der Waals surface area contributed by atoms with Crippen molar-refractivity contribution in [3.05, 3.63) is 12.7 Å². The minimum atomic E-state index is -0.479. The van der Waals surface area contributed by atoms with E-state index in [2.05, 4.69) is 41.2 Å². The van der Waals surface area contributed by atoms with Crippen molar-refractivity contribution in [2.75, 3.05) is 0 Å². The first kappa shape index (κ1) is 20.7. The second kappa shape index (κ2) is 12.2. The lowest BCUT2D eigenvalue weighted by molar-refractivity contribution is -0.270. The summed E-state index contributed by atoms with van der Waals surface area (Å²) in [7, 11) is 0. The first-order valence-electron chi connectivity index (χ1n) is 8.92. The van der Waals surface area contributed by atoms with E-state index in [4.69, 9.17) is 9.47 Å². The van der Waals surface area contributed by atoms with E-state index >= 15 is 0 Å². The minimum Gasteiger partial charge on any atom is -0.347 e. The van der Waals surface area contributed by atoms with Gasteiger partial charge in [-0.05, 0) is 34.1 Å². The fourth-order valence-corrected chi connectivity index (χ4v) is 2.77. The first-order valence-corrected chi connectivity index (χ1v) is 8.92. The summed E-state index contributed by atoms with van der Waals surface area (Å²) in [5.74, 6) is -0.479. The number of ether oxygens (including phenoxy) is 2. The van der Waals surface area contributed by atoms with Gasteiger partial charge in [-0.2, -0.15) is 0 Å². The van der Waals surface area contributed by atoms with E-state index in [9.17, 15) is 0 Å². The molecule has 21 heavy (non-hydrogen) atoms. The highest BCUT2D eigenvalue weighted by Crippen LogP contribution is 2.29. The summed E-state index contributed by atoms with van der Waals surface area (Å²) < 4.78 is 12.3. The molecule has 0 fully saturated rings. The smallest absolute Gasteiger partial charge is 0.172 e. The fourth-order valence-electron chi connectivity index (χ4n) is 2.77. The average Bonchev–Trinajstić information content (AvgIpc) is 2.36. The van der Waals surface area contributed by atoms with E-state index in [-0.39, 0.29) is 12.2 Å². The Kier molecular flexibility index (Phi) is 12.0. The number of rotatable bonds is 14. The van der Waals surface area contributed by atoms with Crippen LogP contribution in [0.15, 0.2) is 12.7 Å². The standard InChI is InChI=1S/C19H38O2/c1-7-9-10-11-12-13-14-16-19(15-8-2,20-17(3)4)21-18(5)6/h8,17-18H,2,7,9-16H2,1,3-6H3. The van der Waals surface area contributed by atoms with Gasteiger partial charge in [0.05, 0.1) is 12.2 Å². The molecule has 0 aromatic carbocycles. The minimum absolute atomic E-state index is 0.174. The van der Waals surface area contributed by atoms with Gasteiger partial charge in [-0.3, -0.25) is 0 Å². The largest absolute Gasteiger partial charge is 0.347 e. The average molecular weight is 299 g/mol. The van der Waals surface area contributed by atoms with Gasteiger partial charge in [0.15, 0.2) is 5.79 Å². The Morgan fingerprint density at radius 2 is 1.33 bits per heavy atom. The van der Waals surface area contributed by atoms with Crippen molar-refractivity contribution >= 4 is 0 Å². The lowest BCUT2D eigenvalue weighted by Crippen LogP contribution is -2.40. The number of hydrogen-bond acceptors (Lipinski definition) is 2. The molecule has 0 aliphatic rings. The lowest BCUT2D eigenvalue weighted by atomic mass is 10.0. The van der Waals surface area contributed by atoms with Crippen molar-refractivity contribution < 1.29 is 9.47 Å². The van der Waals surface area contributed by atoms with E-state index in [1.54, 1.807) is 0 Å². The van der Waals surface area contributed by atoms with Crippen molar-refractivity contribution in [3.8, 4) is 0 Å². The van der Waals surface area contributed by atoms with Crippen LogP contribution >= 0.6 is 0 Å². The van der Waals surface area contributed by atoms with Crippen LogP contribution in [0, 0.1) is 0 Å². The zero-order valence-electron chi connectivity index (χ0n) is 15.1. The summed E-state index contributed by atoms with van der Waals surface area (Å²) in [6.07, 6.45) is 13.2. The molecule has 0 amide bonds. The summed E-state index contributed by atoms with van der Waals surface area (Å²) in [6.45, 7) is 14.4. The van der Waals surface area contributed by atoms with Crippen LogP contribution in [0.5, 0.6) is 0 Å². The highest BCUT2D eigenvalue weighted by atomic mass is 16.7. The number of unbranched alkanes of at least 4 members (excludes halogenated alkanes) is 6. The molecule has 0 saturated carbocycles. The fraction of sp³-hybridized carbons (Fsp3) is 0.895. The molecule has 0 aliphatic carbocycles. The summed E-state index contributed by atoms with van der Waals surface area (Å²) in [5, 5.41) is 0. The van der Waals surface area contributed by atoms with Gasteiger partial charge in [0, 0.05) is 12.8 Å². The van der Waals surface area contributed by atoms with Crippen molar-refractivity contribution in [1.82, 2.24) is 0 Å². The Morgan fingerprint density at radius 1 is 0.857 bits per heavy atom. The predicted molar refractivity (Wildman–Crippen MR) is 92.6 cm³/mol. The Balaban J connectivity index is 4.27. The van der Waals surface area contributed by atoms with Crippen LogP contribution in [0.3, 0.4) is 0 Å². The van der Waals surface area contributed by atoms with Gasteiger partial charge >= 0.3 is 0 Å². The van der Waals surface area contributed by atoms with Gasteiger partial charge in [0.2, 0.25) is 0 Å². The molecule has 0 spiro atoms. The maximum absolute atomic E-state index is 6.14. The molecule has 0 unspecified atom stereocenters. The van der Waals surface area contributed by atoms with E-state index in [1.807, 2.05) is 6.08 Å². The predicted octanol–water partition coefficient (Wildman–Crippen LogP) is 6.25. The molecule has 2 nitrogen and oxygen atoms in total. The van der Waals surface area contributed by atoms with Gasteiger partial charge in [0.1, 0.15) is 0 Å². The Labute approximate surface area is 133 Å². The molecular weight excluding hydrogens is 260 g/mol. The van der Waals surface area contributed by atoms with Gasteiger partial charge in [-0.15, -0.1) is 6.58 Å². The molecule has 0 aromatic heterocycles. The molecule has 0 aliphatic heterocycles. The monoisotopic (exact) mass is 298 g/mol. The van der Waals surface area contributed by atoms with Gasteiger partial charge in [-0.25, -0.2) is 0 Å². The van der Waals surface area contributed by atoms with Crippen molar-refractivity contribution in [3.63, 3.8) is 0 Å². The molecule has 0 saturated heterocycles. The first-order chi connectivity index (χ1) is 9.95. The summed E-state index contributed by atoms with van der Waals surface area (Å²) in [5.41, 5.74) is 0. The van der Waals surface area contributed by atoms with Crippen LogP contribution < -0.4 is 0 Å². The lowest BCUT2D eigenvalue weighted by Gasteiger charge is -2.36. The van der Waals surface area contributed by atoms with Crippen LogP contribution in [0.1, 0.15) is 92.4 Å². The van der Waals surface area contributed by atoms with Crippen molar-refractivity contribution in [2.45, 2.75) is 110 Å². The zero-order valence-corrected chi connectivity index (χ0v) is 15.1. The van der Waals surface area contributed by atoms with Crippen molar-refractivity contribution in [2.24, 2.45) is 0 Å². The summed E-state index contributed by atoms with van der Waals surface area (Å²) >= 11 is 0. The van der Waals surface area contributed by atoms with Crippen LogP contribution in [-0.2, 0) is 9.47 Å². The molecule has 0 rings (SSSR count). The third-order valence-corrected chi connectivity index (χ3v) is 3.52. The second-order valence-electron chi connectivity index (χ2n) is 6.61. The highest BCUT2D eigenvalue weighted by Gasteiger charge is 2.32. The zero-order chi connectivity index (χ0) is 16.1. The Hall–Kier alpha value is -0.340. The van der Waals surface area contributed by atoms with Crippen LogP contribution in [-0.4, -0.2) is 18.0 Å². The summed E-state index contributed by atoms with van der Waals surface area (Å²) in [6, 6.07) is 0. The quantitative estimate of drug-likeness (QED) is 0.214. The van der Waals surface area contributed by atoms with E-state index < -0.39 is 5.79 Å². The Bertz CT molecular complexity index is 236. The van der Waals surface area contributed by atoms with Crippen LogP contribution in [0.2, 0.25) is 0 Å². The topological polar surface area (TPSA) is 18.5 Å². The molecular formula is C19H38O2. The molecule has 0 atom stereocenters. The van der Waals surface area contributed by atoms with Gasteiger partial charge in [-0.1, -0.05) is 51.5 Å². The summed E-state index contributed by atoms with van der Waals surface area (Å²) in [4.78, 5) is 0. The van der Waals surface area contributed by atoms with Gasteiger partial charge < -0.3 is 9.47 Å². The van der Waals surface area contributed by atoms with Gasteiger partial charge in [0.25, 0.3) is 0 Å². The highest BCUT2D eigenvalue weighted by molar-refractivity contribution is 4.82. The van der Waals surface area contributed by atoms with E-state index in [0.717, 1.165) is 12.8 Å². The molecule has 126 valence electrons. The Morgan fingerprint density at radius 3 is 1.76 bits per heavy atom. The van der Waals surface area contributed by atoms with E-state index in [0.29, 0.717) is 0 Å². The normalized spacial score (nSPS) is 12.3. The molecule has 2 heteroatoms.